The number of aryl methyl sites for hydroxylation is 1. The van der Waals surface area contributed by atoms with Crippen molar-refractivity contribution in [2.75, 3.05) is 19.4 Å². The van der Waals surface area contributed by atoms with Crippen molar-refractivity contribution in [1.82, 2.24) is 9.88 Å². The molecule has 0 radical (unpaired) electrons. The fourth-order valence-corrected chi connectivity index (χ4v) is 4.24. The maximum Gasteiger partial charge on any atom is 0.415 e. The number of hydrogen-bond donors (Lipinski definition) is 1. The monoisotopic (exact) mass is 389 g/mol. The van der Waals surface area contributed by atoms with Crippen LogP contribution in [0.3, 0.4) is 0 Å². The first-order valence-electron chi connectivity index (χ1n) is 8.93. The summed E-state index contributed by atoms with van der Waals surface area (Å²) in [7, 11) is 1.30. The van der Waals surface area contributed by atoms with Gasteiger partial charge >= 0.3 is 12.1 Å². The summed E-state index contributed by atoms with van der Waals surface area (Å²) in [4.78, 5) is 32.0. The fraction of sp³-hybridized carbons (Fsp3) is 0.421. The highest BCUT2D eigenvalue weighted by atomic mass is 32.1. The van der Waals surface area contributed by atoms with Crippen LogP contribution in [0.2, 0.25) is 0 Å². The number of nitrogens with zero attached hydrogens (tertiary/aromatic N) is 2. The van der Waals surface area contributed by atoms with Crippen molar-refractivity contribution in [3.05, 3.63) is 40.4 Å². The zero-order valence-corrected chi connectivity index (χ0v) is 16.3. The summed E-state index contributed by atoms with van der Waals surface area (Å²) in [5.74, 6) is -0.336. The third-order valence-electron chi connectivity index (χ3n) is 4.56. The Morgan fingerprint density at radius 1 is 1.37 bits per heavy atom. The molecule has 1 aliphatic carbocycles. The average Bonchev–Trinajstić information content (AvgIpc) is 3.05. The van der Waals surface area contributed by atoms with Crippen LogP contribution < -0.4 is 10.5 Å². The zero-order valence-electron chi connectivity index (χ0n) is 15.4. The number of rotatable bonds is 5. The number of carbonyl (C=O) groups is 2. The van der Waals surface area contributed by atoms with Gasteiger partial charge in [0.1, 0.15) is 11.3 Å². The Morgan fingerprint density at radius 2 is 2.15 bits per heavy atom. The molecule has 0 saturated heterocycles. The van der Waals surface area contributed by atoms with Gasteiger partial charge in [-0.2, -0.15) is 0 Å². The molecule has 0 spiro atoms. The lowest BCUT2D eigenvalue weighted by molar-refractivity contribution is 0.0596. The number of anilines is 1. The second-order valence-electron chi connectivity index (χ2n) is 6.37. The molecule has 144 valence electrons. The molecule has 1 atom stereocenters. The van der Waals surface area contributed by atoms with E-state index in [2.05, 4.69) is 4.98 Å². The van der Waals surface area contributed by atoms with Gasteiger partial charge in [-0.25, -0.2) is 14.6 Å². The number of nitrogen functional groups attached to an aromatic ring is 1. The van der Waals surface area contributed by atoms with Gasteiger partial charge in [0.15, 0.2) is 5.13 Å². The number of thiazole rings is 1. The van der Waals surface area contributed by atoms with Crippen LogP contribution in [-0.4, -0.2) is 41.6 Å². The third kappa shape index (κ3) is 4.21. The first-order chi connectivity index (χ1) is 13.0. The smallest absolute Gasteiger partial charge is 0.415 e. The van der Waals surface area contributed by atoms with Gasteiger partial charge in [0.05, 0.1) is 12.8 Å². The molecular formula is C19H23N3O4S. The molecule has 1 amide bonds. The number of hydrogen-bond acceptors (Lipinski definition) is 7. The molecule has 1 aliphatic rings. The van der Waals surface area contributed by atoms with Crippen LogP contribution in [0.15, 0.2) is 24.3 Å². The number of benzene rings is 1. The summed E-state index contributed by atoms with van der Waals surface area (Å²) in [6, 6.07) is 6.61. The van der Waals surface area contributed by atoms with Gasteiger partial charge in [0.25, 0.3) is 0 Å². The van der Waals surface area contributed by atoms with Crippen molar-refractivity contribution < 1.29 is 19.1 Å². The lowest BCUT2D eigenvalue weighted by Gasteiger charge is -2.33. The molecule has 0 fully saturated rings. The molecule has 8 heteroatoms. The Balaban J connectivity index is 1.78. The number of carbonyl (C=O) groups excluding carboxylic acids is 2. The van der Waals surface area contributed by atoms with Crippen LogP contribution in [0, 0.1) is 0 Å². The zero-order chi connectivity index (χ0) is 19.4. The summed E-state index contributed by atoms with van der Waals surface area (Å²) < 4.78 is 10.3. The number of fused-ring (bicyclic) bond motifs is 1. The molecule has 2 aromatic rings. The van der Waals surface area contributed by atoms with Crippen LogP contribution >= 0.6 is 11.3 Å². The van der Waals surface area contributed by atoms with Crippen LogP contribution in [0.5, 0.6) is 5.75 Å². The molecule has 0 bridgehead atoms. The van der Waals surface area contributed by atoms with Gasteiger partial charge in [-0.15, -0.1) is 11.3 Å². The molecule has 7 nitrogen and oxygen atoms in total. The van der Waals surface area contributed by atoms with E-state index in [1.807, 2.05) is 6.92 Å². The molecular weight excluding hydrogens is 366 g/mol. The minimum absolute atomic E-state index is 0.0232. The maximum atomic E-state index is 12.9. The molecule has 1 aromatic heterocycles. The van der Waals surface area contributed by atoms with Gasteiger partial charge in [-0.3, -0.25) is 0 Å². The Kier molecular flexibility index (Phi) is 5.95. The lowest BCUT2D eigenvalue weighted by Crippen LogP contribution is -2.45. The third-order valence-corrected chi connectivity index (χ3v) is 5.51. The van der Waals surface area contributed by atoms with E-state index in [1.54, 1.807) is 29.2 Å². The van der Waals surface area contributed by atoms with Crippen LogP contribution in [0.25, 0.3) is 0 Å². The van der Waals surface area contributed by atoms with Crippen LogP contribution in [0.4, 0.5) is 9.93 Å². The number of esters is 1. The Hall–Kier alpha value is -2.61. The Labute approximate surface area is 162 Å². The summed E-state index contributed by atoms with van der Waals surface area (Å²) in [6.45, 7) is 2.59. The summed E-state index contributed by atoms with van der Waals surface area (Å²) in [5, 5.41) is 0.567. The number of aromatic nitrogens is 1. The minimum Gasteiger partial charge on any atom is -0.465 e. The summed E-state index contributed by atoms with van der Waals surface area (Å²) in [6.07, 6.45) is 2.67. The molecule has 1 aromatic carbocycles. The van der Waals surface area contributed by atoms with Crippen molar-refractivity contribution in [3.8, 4) is 5.75 Å². The van der Waals surface area contributed by atoms with Crippen molar-refractivity contribution in [2.45, 2.75) is 38.6 Å². The number of nitrogens with two attached hydrogens (primary N) is 1. The second-order valence-corrected chi connectivity index (χ2v) is 7.48. The first kappa shape index (κ1) is 19.2. The quantitative estimate of drug-likeness (QED) is 0.789. The average molecular weight is 389 g/mol. The van der Waals surface area contributed by atoms with Crippen molar-refractivity contribution in [2.24, 2.45) is 0 Å². The van der Waals surface area contributed by atoms with Gasteiger partial charge in [0, 0.05) is 23.9 Å². The summed E-state index contributed by atoms with van der Waals surface area (Å²) >= 11 is 1.48. The molecule has 0 aliphatic heterocycles. The van der Waals surface area contributed by atoms with Crippen molar-refractivity contribution in [1.29, 1.82) is 0 Å². The van der Waals surface area contributed by atoms with Gasteiger partial charge in [0.2, 0.25) is 0 Å². The SMILES string of the molecule is CCCN(C(=O)Oc1ccccc1C(=O)OC)[C@H]1CCc2nc(N)sc2C1. The Morgan fingerprint density at radius 3 is 2.89 bits per heavy atom. The molecule has 3 rings (SSSR count). The van der Waals surface area contributed by atoms with Crippen molar-refractivity contribution >= 4 is 28.5 Å². The topological polar surface area (TPSA) is 94.8 Å². The van der Waals surface area contributed by atoms with Crippen molar-refractivity contribution in [3.63, 3.8) is 0 Å². The van der Waals surface area contributed by atoms with Gasteiger partial charge in [-0.1, -0.05) is 19.1 Å². The van der Waals surface area contributed by atoms with E-state index < -0.39 is 12.1 Å². The predicted molar refractivity (Wildman–Crippen MR) is 103 cm³/mol. The number of amides is 1. The second kappa shape index (κ2) is 8.39. The first-order valence-corrected chi connectivity index (χ1v) is 9.75. The molecule has 0 saturated carbocycles. The molecule has 2 N–H and O–H groups in total. The summed E-state index contributed by atoms with van der Waals surface area (Å²) in [5.41, 5.74) is 7.08. The number of methoxy groups -OCH3 is 1. The highest BCUT2D eigenvalue weighted by Gasteiger charge is 2.31. The maximum absolute atomic E-state index is 12.9. The number of para-hydroxylation sites is 1. The van der Waals surface area contributed by atoms with Gasteiger partial charge < -0.3 is 20.1 Å². The standard InChI is InChI=1S/C19H23N3O4S/c1-3-10-22(12-8-9-14-16(11-12)27-18(20)21-14)19(24)26-15-7-5-4-6-13(15)17(23)25-2/h4-7,12H,3,8-11H2,1-2H3,(H2,20,21)/t12-/m0/s1. The predicted octanol–water partition coefficient (Wildman–Crippen LogP) is 3.28. The van der Waals surface area contributed by atoms with E-state index in [4.69, 9.17) is 15.2 Å². The normalized spacial score (nSPS) is 15.7. The van der Waals surface area contributed by atoms with E-state index in [0.717, 1.165) is 36.3 Å². The minimum atomic E-state index is -0.539. The van der Waals surface area contributed by atoms with E-state index in [9.17, 15) is 9.59 Å². The highest BCUT2D eigenvalue weighted by Crippen LogP contribution is 2.31. The number of ether oxygens (including phenoxy) is 2. The van der Waals surface area contributed by atoms with E-state index in [-0.39, 0.29) is 17.4 Å². The van der Waals surface area contributed by atoms with Gasteiger partial charge in [-0.05, 0) is 31.4 Å². The largest absolute Gasteiger partial charge is 0.465 e. The molecule has 27 heavy (non-hydrogen) atoms. The fourth-order valence-electron chi connectivity index (χ4n) is 3.29. The lowest BCUT2D eigenvalue weighted by atomic mass is 9.96. The molecule has 0 unspecified atom stereocenters. The van der Waals surface area contributed by atoms with E-state index >= 15 is 0 Å². The Bertz CT molecular complexity index is 836. The van der Waals surface area contributed by atoms with E-state index in [0.29, 0.717) is 11.7 Å². The molecule has 1 heterocycles. The van der Waals surface area contributed by atoms with Crippen LogP contribution in [-0.2, 0) is 17.6 Å². The highest BCUT2D eigenvalue weighted by molar-refractivity contribution is 7.15. The van der Waals surface area contributed by atoms with Crippen LogP contribution in [0.1, 0.15) is 40.7 Å². The van der Waals surface area contributed by atoms with E-state index in [1.165, 1.54) is 18.4 Å².